The lowest BCUT2D eigenvalue weighted by molar-refractivity contribution is 0.601. The smallest absolute Gasteiger partial charge is 0.123 e. The fourth-order valence-corrected chi connectivity index (χ4v) is 3.41. The van der Waals surface area contributed by atoms with Crippen molar-refractivity contribution < 1.29 is 4.39 Å². The van der Waals surface area contributed by atoms with E-state index in [9.17, 15) is 4.39 Å². The predicted molar refractivity (Wildman–Crippen MR) is 89.6 cm³/mol. The zero-order valence-electron chi connectivity index (χ0n) is 12.8. The number of hydrogen-bond acceptors (Lipinski definition) is 2. The van der Waals surface area contributed by atoms with Crippen LogP contribution in [-0.2, 0) is 6.42 Å². The fraction of sp³-hybridized carbons (Fsp3) is 0.333. The maximum absolute atomic E-state index is 13.4. The second-order valence-electron chi connectivity index (χ2n) is 5.34. The summed E-state index contributed by atoms with van der Waals surface area (Å²) in [5.74, 6) is 0.814. The quantitative estimate of drug-likeness (QED) is 0.796. The molecular weight excluding hydrogens is 281 g/mol. The minimum absolute atomic E-state index is 0.156. The molecule has 3 heteroatoms. The SMILES string of the molecule is CNC(CSc1ccccc1C)Cc1cc(F)ccc1C. The Bertz CT molecular complexity index is 598. The molecule has 21 heavy (non-hydrogen) atoms. The number of thioether (sulfide) groups is 1. The van der Waals surface area contributed by atoms with Crippen LogP contribution in [0.2, 0.25) is 0 Å². The molecule has 0 bridgehead atoms. The van der Waals surface area contributed by atoms with Gasteiger partial charge in [-0.15, -0.1) is 11.8 Å². The summed E-state index contributed by atoms with van der Waals surface area (Å²) in [7, 11) is 1.97. The number of hydrogen-bond donors (Lipinski definition) is 1. The van der Waals surface area contributed by atoms with E-state index in [1.54, 1.807) is 6.07 Å². The Kier molecular flexibility index (Phi) is 5.83. The molecule has 0 spiro atoms. The third kappa shape index (κ3) is 4.58. The largest absolute Gasteiger partial charge is 0.316 e. The van der Waals surface area contributed by atoms with Crippen LogP contribution in [0, 0.1) is 19.7 Å². The Morgan fingerprint density at radius 2 is 1.86 bits per heavy atom. The van der Waals surface area contributed by atoms with Crippen LogP contribution in [0.25, 0.3) is 0 Å². The Balaban J connectivity index is 2.00. The van der Waals surface area contributed by atoms with Gasteiger partial charge < -0.3 is 5.32 Å². The Hall–Kier alpha value is -1.32. The van der Waals surface area contributed by atoms with E-state index in [-0.39, 0.29) is 5.82 Å². The van der Waals surface area contributed by atoms with Gasteiger partial charge in [-0.25, -0.2) is 4.39 Å². The number of halogens is 1. The molecule has 2 aromatic carbocycles. The molecule has 0 aliphatic rings. The first-order valence-corrected chi connectivity index (χ1v) is 8.19. The van der Waals surface area contributed by atoms with Crippen molar-refractivity contribution in [2.75, 3.05) is 12.8 Å². The normalized spacial score (nSPS) is 12.4. The van der Waals surface area contributed by atoms with Crippen LogP contribution >= 0.6 is 11.8 Å². The lowest BCUT2D eigenvalue weighted by atomic mass is 10.0. The summed E-state index contributed by atoms with van der Waals surface area (Å²) in [4.78, 5) is 1.31. The van der Waals surface area contributed by atoms with Crippen molar-refractivity contribution in [2.45, 2.75) is 31.2 Å². The average Bonchev–Trinajstić information content (AvgIpc) is 2.48. The molecule has 1 nitrogen and oxygen atoms in total. The molecule has 0 aliphatic carbocycles. The van der Waals surface area contributed by atoms with Crippen molar-refractivity contribution in [3.05, 3.63) is 65.0 Å². The molecule has 0 aliphatic heterocycles. The zero-order chi connectivity index (χ0) is 15.2. The van der Waals surface area contributed by atoms with Gasteiger partial charge in [-0.05, 0) is 62.2 Å². The highest BCUT2D eigenvalue weighted by atomic mass is 32.2. The van der Waals surface area contributed by atoms with Crippen LogP contribution in [0.4, 0.5) is 4.39 Å². The fourth-order valence-electron chi connectivity index (χ4n) is 2.28. The van der Waals surface area contributed by atoms with E-state index < -0.39 is 0 Å². The molecule has 0 heterocycles. The average molecular weight is 303 g/mol. The van der Waals surface area contributed by atoms with Crippen LogP contribution in [0.1, 0.15) is 16.7 Å². The van der Waals surface area contributed by atoms with Crippen LogP contribution in [-0.4, -0.2) is 18.8 Å². The van der Waals surface area contributed by atoms with Crippen molar-refractivity contribution >= 4 is 11.8 Å². The van der Waals surface area contributed by atoms with Gasteiger partial charge in [0.05, 0.1) is 0 Å². The number of aryl methyl sites for hydroxylation is 2. The molecule has 0 fully saturated rings. The van der Waals surface area contributed by atoms with Gasteiger partial charge >= 0.3 is 0 Å². The van der Waals surface area contributed by atoms with Gasteiger partial charge in [0.1, 0.15) is 5.82 Å². The van der Waals surface area contributed by atoms with Crippen LogP contribution in [0.15, 0.2) is 47.4 Å². The monoisotopic (exact) mass is 303 g/mol. The molecule has 0 saturated heterocycles. The van der Waals surface area contributed by atoms with Crippen molar-refractivity contribution in [2.24, 2.45) is 0 Å². The molecule has 1 unspecified atom stereocenters. The zero-order valence-corrected chi connectivity index (χ0v) is 13.6. The molecule has 1 atom stereocenters. The first-order chi connectivity index (χ1) is 10.1. The van der Waals surface area contributed by atoms with Gasteiger partial charge in [-0.1, -0.05) is 24.3 Å². The van der Waals surface area contributed by atoms with Crippen LogP contribution in [0.3, 0.4) is 0 Å². The van der Waals surface area contributed by atoms with Gasteiger partial charge in [0, 0.05) is 16.7 Å². The van der Waals surface area contributed by atoms with E-state index in [0.29, 0.717) is 6.04 Å². The molecule has 0 aromatic heterocycles. The molecule has 0 saturated carbocycles. The molecule has 2 aromatic rings. The van der Waals surface area contributed by atoms with E-state index in [1.807, 2.05) is 31.8 Å². The molecule has 1 N–H and O–H groups in total. The van der Waals surface area contributed by atoms with Crippen LogP contribution < -0.4 is 5.32 Å². The molecule has 0 amide bonds. The highest BCUT2D eigenvalue weighted by Crippen LogP contribution is 2.23. The second kappa shape index (κ2) is 7.62. The minimum Gasteiger partial charge on any atom is -0.316 e. The lowest BCUT2D eigenvalue weighted by Gasteiger charge is -2.18. The molecule has 2 rings (SSSR count). The van der Waals surface area contributed by atoms with Gasteiger partial charge in [-0.2, -0.15) is 0 Å². The first-order valence-electron chi connectivity index (χ1n) is 7.21. The number of nitrogens with one attached hydrogen (secondary N) is 1. The van der Waals surface area contributed by atoms with Crippen molar-refractivity contribution in [3.8, 4) is 0 Å². The van der Waals surface area contributed by atoms with E-state index in [2.05, 4.69) is 36.5 Å². The Morgan fingerprint density at radius 1 is 1.10 bits per heavy atom. The Labute approximate surface area is 131 Å². The van der Waals surface area contributed by atoms with Crippen LogP contribution in [0.5, 0.6) is 0 Å². The first kappa shape index (κ1) is 16.1. The summed E-state index contributed by atoms with van der Waals surface area (Å²) in [6.45, 7) is 4.17. The predicted octanol–water partition coefficient (Wildman–Crippen LogP) is 4.37. The summed E-state index contributed by atoms with van der Waals surface area (Å²) in [5, 5.41) is 3.34. The molecule has 0 radical (unpaired) electrons. The molecular formula is C18H22FNS. The second-order valence-corrected chi connectivity index (χ2v) is 6.40. The number of benzene rings is 2. The summed E-state index contributed by atoms with van der Waals surface area (Å²) < 4.78 is 13.4. The summed E-state index contributed by atoms with van der Waals surface area (Å²) in [6.07, 6.45) is 0.846. The topological polar surface area (TPSA) is 12.0 Å². The van der Waals surface area contributed by atoms with Gasteiger partial charge in [0.15, 0.2) is 0 Å². The Morgan fingerprint density at radius 3 is 2.57 bits per heavy atom. The van der Waals surface area contributed by atoms with Crippen molar-refractivity contribution in [3.63, 3.8) is 0 Å². The van der Waals surface area contributed by atoms with E-state index in [1.165, 1.54) is 16.5 Å². The standard InChI is InChI=1S/C18H22FNS/c1-13-8-9-16(19)10-15(13)11-17(20-3)12-21-18-7-5-4-6-14(18)2/h4-10,17,20H,11-12H2,1-3H3. The maximum Gasteiger partial charge on any atom is 0.123 e. The highest BCUT2D eigenvalue weighted by Gasteiger charge is 2.11. The third-order valence-electron chi connectivity index (χ3n) is 3.72. The number of likely N-dealkylation sites (N-methyl/N-ethyl adjacent to an activating group) is 1. The van der Waals surface area contributed by atoms with Crippen molar-refractivity contribution in [1.29, 1.82) is 0 Å². The molecule has 112 valence electrons. The van der Waals surface area contributed by atoms with Gasteiger partial charge in [-0.3, -0.25) is 0 Å². The summed E-state index contributed by atoms with van der Waals surface area (Å²) in [6, 6.07) is 13.8. The van der Waals surface area contributed by atoms with Crippen molar-refractivity contribution in [1.82, 2.24) is 5.32 Å². The van der Waals surface area contributed by atoms with Gasteiger partial charge in [0.2, 0.25) is 0 Å². The van der Waals surface area contributed by atoms with E-state index in [0.717, 1.165) is 23.3 Å². The minimum atomic E-state index is -0.156. The lowest BCUT2D eigenvalue weighted by Crippen LogP contribution is -2.30. The van der Waals surface area contributed by atoms with Gasteiger partial charge in [0.25, 0.3) is 0 Å². The maximum atomic E-state index is 13.4. The van der Waals surface area contributed by atoms with E-state index in [4.69, 9.17) is 0 Å². The summed E-state index contributed by atoms with van der Waals surface area (Å²) in [5.41, 5.74) is 3.54. The van der Waals surface area contributed by atoms with E-state index >= 15 is 0 Å². The third-order valence-corrected chi connectivity index (χ3v) is 5.06. The highest BCUT2D eigenvalue weighted by molar-refractivity contribution is 7.99. The number of rotatable bonds is 6. The summed E-state index contributed by atoms with van der Waals surface area (Å²) >= 11 is 1.85.